The van der Waals surface area contributed by atoms with Gasteiger partial charge >= 0.3 is 0 Å². The number of carbonyl (C=O) groups is 1. The number of nitrogens with zero attached hydrogens (tertiary/aromatic N) is 2. The summed E-state index contributed by atoms with van der Waals surface area (Å²) in [6, 6.07) is 5.21. The summed E-state index contributed by atoms with van der Waals surface area (Å²) >= 11 is 1.24. The Labute approximate surface area is 149 Å². The average molecular weight is 383 g/mol. The van der Waals surface area contributed by atoms with Crippen molar-refractivity contribution >= 4 is 32.4 Å². The van der Waals surface area contributed by atoms with Gasteiger partial charge in [-0.05, 0) is 37.1 Å². The first-order chi connectivity index (χ1) is 11.8. The lowest BCUT2D eigenvalue weighted by Gasteiger charge is -2.32. The molecule has 1 aliphatic heterocycles. The lowest BCUT2D eigenvalue weighted by Crippen LogP contribution is -2.49. The predicted octanol–water partition coefficient (Wildman–Crippen LogP) is 2.70. The fourth-order valence-corrected chi connectivity index (χ4v) is 4.68. The molecule has 1 saturated heterocycles. The van der Waals surface area contributed by atoms with E-state index < -0.39 is 16.1 Å². The summed E-state index contributed by atoms with van der Waals surface area (Å²) in [6.45, 7) is 0.357. The monoisotopic (exact) mass is 383 g/mol. The number of sulfonamides is 1. The predicted molar refractivity (Wildman–Crippen MR) is 95.3 cm³/mol. The number of amides is 1. The van der Waals surface area contributed by atoms with Crippen LogP contribution in [0.15, 0.2) is 29.6 Å². The Morgan fingerprint density at radius 3 is 2.72 bits per heavy atom. The third-order valence-corrected chi connectivity index (χ3v) is 6.10. The molecule has 0 aliphatic carbocycles. The first-order valence-electron chi connectivity index (χ1n) is 7.84. The second kappa shape index (κ2) is 7.19. The van der Waals surface area contributed by atoms with E-state index in [1.807, 2.05) is 0 Å². The lowest BCUT2D eigenvalue weighted by molar-refractivity contribution is -0.120. The number of halogens is 1. The van der Waals surface area contributed by atoms with Crippen LogP contribution in [-0.4, -0.2) is 42.5 Å². The highest BCUT2D eigenvalue weighted by molar-refractivity contribution is 7.88. The number of aromatic nitrogens is 1. The summed E-state index contributed by atoms with van der Waals surface area (Å²) < 4.78 is 38.0. The maximum absolute atomic E-state index is 13.0. The molecule has 1 aromatic heterocycles. The summed E-state index contributed by atoms with van der Waals surface area (Å²) in [7, 11) is -3.43. The number of nitrogens with one attached hydrogen (secondary N) is 1. The Morgan fingerprint density at radius 1 is 1.32 bits per heavy atom. The van der Waals surface area contributed by atoms with Crippen molar-refractivity contribution in [1.82, 2.24) is 9.29 Å². The molecular formula is C16H18FN3O3S2. The van der Waals surface area contributed by atoms with Crippen molar-refractivity contribution in [2.75, 3.05) is 18.1 Å². The molecule has 2 aromatic rings. The fraction of sp³-hybridized carbons (Fsp3) is 0.375. The van der Waals surface area contributed by atoms with E-state index in [4.69, 9.17) is 0 Å². The van der Waals surface area contributed by atoms with E-state index in [-0.39, 0.29) is 11.7 Å². The number of benzene rings is 1. The van der Waals surface area contributed by atoms with Crippen LogP contribution in [0.4, 0.5) is 9.52 Å². The molecule has 1 N–H and O–H groups in total. The third-order valence-electron chi connectivity index (χ3n) is 4.06. The molecule has 134 valence electrons. The zero-order valence-electron chi connectivity index (χ0n) is 13.6. The Kier molecular flexibility index (Phi) is 5.16. The van der Waals surface area contributed by atoms with Crippen molar-refractivity contribution in [2.24, 2.45) is 0 Å². The van der Waals surface area contributed by atoms with Gasteiger partial charge in [-0.25, -0.2) is 17.8 Å². The molecule has 3 rings (SSSR count). The highest BCUT2D eigenvalue weighted by Crippen LogP contribution is 2.26. The zero-order valence-corrected chi connectivity index (χ0v) is 15.2. The van der Waals surface area contributed by atoms with Crippen molar-refractivity contribution in [2.45, 2.75) is 25.3 Å². The normalized spacial score (nSPS) is 18.9. The van der Waals surface area contributed by atoms with Crippen molar-refractivity contribution < 1.29 is 17.6 Å². The van der Waals surface area contributed by atoms with Gasteiger partial charge in [0.2, 0.25) is 15.9 Å². The molecule has 1 atom stereocenters. The maximum Gasteiger partial charge on any atom is 0.244 e. The van der Waals surface area contributed by atoms with Crippen molar-refractivity contribution in [3.63, 3.8) is 0 Å². The van der Waals surface area contributed by atoms with Crippen LogP contribution < -0.4 is 5.32 Å². The quantitative estimate of drug-likeness (QED) is 0.880. The van der Waals surface area contributed by atoms with Crippen molar-refractivity contribution in [3.8, 4) is 11.3 Å². The SMILES string of the molecule is CS(=O)(=O)N1CCCC[C@H]1C(=O)Nc1nc(-c2ccc(F)cc2)cs1. The Morgan fingerprint density at radius 2 is 2.04 bits per heavy atom. The van der Waals surface area contributed by atoms with Crippen LogP contribution >= 0.6 is 11.3 Å². The van der Waals surface area contributed by atoms with Crippen LogP contribution in [0.5, 0.6) is 0 Å². The van der Waals surface area contributed by atoms with Gasteiger partial charge < -0.3 is 5.32 Å². The minimum absolute atomic E-state index is 0.328. The summed E-state index contributed by atoms with van der Waals surface area (Å²) in [5.41, 5.74) is 1.37. The molecule has 0 bridgehead atoms. The second-order valence-electron chi connectivity index (χ2n) is 5.92. The number of piperidine rings is 1. The highest BCUT2D eigenvalue weighted by Gasteiger charge is 2.34. The van der Waals surface area contributed by atoms with Gasteiger partial charge in [0.25, 0.3) is 0 Å². The third kappa shape index (κ3) is 4.23. The number of rotatable bonds is 4. The van der Waals surface area contributed by atoms with E-state index in [0.717, 1.165) is 24.7 Å². The number of thiazole rings is 1. The van der Waals surface area contributed by atoms with Crippen LogP contribution in [0.2, 0.25) is 0 Å². The molecule has 0 unspecified atom stereocenters. The second-order valence-corrected chi connectivity index (χ2v) is 8.71. The molecule has 1 aliphatic rings. The van der Waals surface area contributed by atoms with E-state index in [1.54, 1.807) is 17.5 Å². The molecule has 1 fully saturated rings. The number of carbonyl (C=O) groups excluding carboxylic acids is 1. The van der Waals surface area contributed by atoms with Gasteiger partial charge in [0.1, 0.15) is 11.9 Å². The Balaban J connectivity index is 1.73. The average Bonchev–Trinajstić information content (AvgIpc) is 3.03. The molecule has 0 spiro atoms. The van der Waals surface area contributed by atoms with Crippen molar-refractivity contribution in [1.29, 1.82) is 0 Å². The minimum Gasteiger partial charge on any atom is -0.301 e. The zero-order chi connectivity index (χ0) is 18.0. The molecule has 1 amide bonds. The summed E-state index contributed by atoms with van der Waals surface area (Å²) in [5.74, 6) is -0.698. The summed E-state index contributed by atoms with van der Waals surface area (Å²) in [5, 5.41) is 4.86. The molecule has 2 heterocycles. The molecule has 0 saturated carbocycles. The van der Waals surface area contributed by atoms with Crippen molar-refractivity contribution in [3.05, 3.63) is 35.5 Å². The van der Waals surface area contributed by atoms with Gasteiger partial charge in [-0.2, -0.15) is 4.31 Å². The van der Waals surface area contributed by atoms with Crippen LogP contribution in [0.25, 0.3) is 11.3 Å². The standard InChI is InChI=1S/C16H18FN3O3S2/c1-25(22,23)20-9-3-2-4-14(20)15(21)19-16-18-13(10-24-16)11-5-7-12(17)8-6-11/h5-8,10,14H,2-4,9H2,1H3,(H,18,19,21)/t14-/m0/s1. The van der Waals surface area contributed by atoms with E-state index in [9.17, 15) is 17.6 Å². The minimum atomic E-state index is -3.43. The van der Waals surface area contributed by atoms with Gasteiger partial charge in [0.05, 0.1) is 11.9 Å². The van der Waals surface area contributed by atoms with E-state index in [2.05, 4.69) is 10.3 Å². The van der Waals surface area contributed by atoms with Crippen LogP contribution in [0, 0.1) is 5.82 Å². The molecule has 9 heteroatoms. The van der Waals surface area contributed by atoms with E-state index in [1.165, 1.54) is 27.8 Å². The summed E-state index contributed by atoms with van der Waals surface area (Å²) in [6.07, 6.45) is 3.18. The van der Waals surface area contributed by atoms with Crippen LogP contribution in [0.1, 0.15) is 19.3 Å². The number of anilines is 1. The lowest BCUT2D eigenvalue weighted by atomic mass is 10.0. The number of hydrogen-bond acceptors (Lipinski definition) is 5. The molecule has 0 radical (unpaired) electrons. The number of hydrogen-bond donors (Lipinski definition) is 1. The summed E-state index contributed by atoms with van der Waals surface area (Å²) in [4.78, 5) is 16.8. The Hall–Kier alpha value is -1.84. The first kappa shape index (κ1) is 18.0. The van der Waals surface area contributed by atoms with Gasteiger partial charge in [-0.1, -0.05) is 6.42 Å². The highest BCUT2D eigenvalue weighted by atomic mass is 32.2. The van der Waals surface area contributed by atoms with E-state index >= 15 is 0 Å². The first-order valence-corrected chi connectivity index (χ1v) is 10.6. The smallest absolute Gasteiger partial charge is 0.244 e. The molecule has 25 heavy (non-hydrogen) atoms. The van der Waals surface area contributed by atoms with Gasteiger partial charge in [-0.3, -0.25) is 4.79 Å². The molecule has 6 nitrogen and oxygen atoms in total. The van der Waals surface area contributed by atoms with Gasteiger partial charge in [0, 0.05) is 17.5 Å². The van der Waals surface area contributed by atoms with E-state index in [0.29, 0.717) is 23.8 Å². The van der Waals surface area contributed by atoms with Crippen LogP contribution in [0.3, 0.4) is 0 Å². The fourth-order valence-electron chi connectivity index (χ4n) is 2.84. The molecule has 1 aromatic carbocycles. The van der Waals surface area contributed by atoms with Gasteiger partial charge in [0.15, 0.2) is 5.13 Å². The topological polar surface area (TPSA) is 79.4 Å². The molecular weight excluding hydrogens is 365 g/mol. The van der Waals surface area contributed by atoms with Crippen LogP contribution in [-0.2, 0) is 14.8 Å². The largest absolute Gasteiger partial charge is 0.301 e. The maximum atomic E-state index is 13.0. The Bertz CT molecular complexity index is 865. The van der Waals surface area contributed by atoms with Gasteiger partial charge in [-0.15, -0.1) is 11.3 Å².